The molecule has 8 heteroatoms. The molecule has 2 rings (SSSR count). The number of nitrogens with zero attached hydrogens (tertiary/aromatic N) is 2. The highest BCUT2D eigenvalue weighted by atomic mass is 35.5. The summed E-state index contributed by atoms with van der Waals surface area (Å²) in [7, 11) is 4.02. The minimum absolute atomic E-state index is 0.0363. The summed E-state index contributed by atoms with van der Waals surface area (Å²) in [6.07, 6.45) is 5.50. The number of hydrogen-bond donors (Lipinski definition) is 2. The lowest BCUT2D eigenvalue weighted by atomic mass is 9.90. The maximum atomic E-state index is 13.0. The summed E-state index contributed by atoms with van der Waals surface area (Å²) in [4.78, 5) is 29.9. The molecule has 2 aliphatic rings. The first-order chi connectivity index (χ1) is 15.2. The number of likely N-dealkylation sites (N-methyl/N-ethyl adjacent to an activating group) is 1. The Hall–Kier alpha value is -1.72. The van der Waals surface area contributed by atoms with Crippen LogP contribution in [0.3, 0.4) is 0 Å². The SMILES string of the molecule is C=C=C(NCCN(C)C)[C@@H]1CCCN1C(=O)CNC(=O)C1(/C(=C/C)C(Cl)CC(=C)Cl)CC1. The third-order valence-corrected chi connectivity index (χ3v) is 6.70. The minimum Gasteiger partial charge on any atom is -0.379 e. The van der Waals surface area contributed by atoms with Gasteiger partial charge in [0.15, 0.2) is 0 Å². The van der Waals surface area contributed by atoms with Crippen molar-refractivity contribution in [3.05, 3.63) is 41.3 Å². The third-order valence-electron chi connectivity index (χ3n) is 6.16. The smallest absolute Gasteiger partial charge is 0.242 e. The van der Waals surface area contributed by atoms with Gasteiger partial charge in [0.05, 0.1) is 29.1 Å². The van der Waals surface area contributed by atoms with Gasteiger partial charge in [-0.3, -0.25) is 9.59 Å². The molecule has 0 spiro atoms. The first kappa shape index (κ1) is 26.5. The Kier molecular flexibility index (Phi) is 9.90. The minimum atomic E-state index is -0.641. The number of rotatable bonds is 12. The van der Waals surface area contributed by atoms with Crippen LogP contribution in [0.2, 0.25) is 0 Å². The van der Waals surface area contributed by atoms with Gasteiger partial charge in [-0.1, -0.05) is 30.8 Å². The fourth-order valence-corrected chi connectivity index (χ4v) is 5.09. The second-order valence-electron chi connectivity index (χ2n) is 8.76. The molecule has 2 fully saturated rings. The van der Waals surface area contributed by atoms with Crippen molar-refractivity contribution in [1.29, 1.82) is 0 Å². The van der Waals surface area contributed by atoms with Crippen molar-refractivity contribution in [1.82, 2.24) is 20.4 Å². The van der Waals surface area contributed by atoms with E-state index in [2.05, 4.69) is 34.4 Å². The van der Waals surface area contributed by atoms with Crippen LogP contribution in [0.5, 0.6) is 0 Å². The normalized spacial score (nSPS) is 20.5. The summed E-state index contributed by atoms with van der Waals surface area (Å²) in [6, 6.07) is -0.0815. The van der Waals surface area contributed by atoms with Gasteiger partial charge in [-0.25, -0.2) is 0 Å². The van der Waals surface area contributed by atoms with E-state index in [-0.39, 0.29) is 29.8 Å². The van der Waals surface area contributed by atoms with Crippen LogP contribution in [-0.2, 0) is 9.59 Å². The molecule has 0 aromatic carbocycles. The molecule has 1 aliphatic heterocycles. The molecule has 0 bridgehead atoms. The predicted octanol–water partition coefficient (Wildman–Crippen LogP) is 3.39. The van der Waals surface area contributed by atoms with Crippen molar-refractivity contribution in [3.8, 4) is 0 Å². The molecule has 1 saturated carbocycles. The molecule has 6 nitrogen and oxygen atoms in total. The topological polar surface area (TPSA) is 64.7 Å². The summed E-state index contributed by atoms with van der Waals surface area (Å²) in [6.45, 7) is 11.6. The van der Waals surface area contributed by atoms with Gasteiger partial charge in [-0.05, 0) is 52.3 Å². The molecule has 1 saturated heterocycles. The van der Waals surface area contributed by atoms with Crippen LogP contribution in [-0.4, -0.2) is 73.3 Å². The second kappa shape index (κ2) is 11.9. The molecule has 0 radical (unpaired) electrons. The fraction of sp³-hybridized carbons (Fsp3) is 0.625. The van der Waals surface area contributed by atoms with Crippen molar-refractivity contribution < 1.29 is 9.59 Å². The Bertz CT molecular complexity index is 798. The third kappa shape index (κ3) is 6.64. The number of carbonyl (C=O) groups excluding carboxylic acids is 2. The highest BCUT2D eigenvalue weighted by Crippen LogP contribution is 2.54. The Labute approximate surface area is 202 Å². The fourth-order valence-electron chi connectivity index (χ4n) is 4.34. The van der Waals surface area contributed by atoms with Crippen molar-refractivity contribution in [2.75, 3.05) is 40.3 Å². The van der Waals surface area contributed by atoms with Crippen LogP contribution in [0.25, 0.3) is 0 Å². The maximum Gasteiger partial charge on any atom is 0.242 e. The van der Waals surface area contributed by atoms with Crippen LogP contribution in [0.1, 0.15) is 39.0 Å². The predicted molar refractivity (Wildman–Crippen MR) is 132 cm³/mol. The van der Waals surface area contributed by atoms with E-state index in [1.807, 2.05) is 32.0 Å². The number of allylic oxidation sites excluding steroid dienone is 2. The molecule has 2 N–H and O–H groups in total. The van der Waals surface area contributed by atoms with Gasteiger partial charge in [0.25, 0.3) is 0 Å². The second-order valence-corrected chi connectivity index (χ2v) is 9.82. The van der Waals surface area contributed by atoms with Gasteiger partial charge in [0, 0.05) is 31.1 Å². The van der Waals surface area contributed by atoms with Crippen molar-refractivity contribution >= 4 is 35.0 Å². The highest BCUT2D eigenvalue weighted by Gasteiger charge is 2.54. The van der Waals surface area contributed by atoms with E-state index >= 15 is 0 Å². The van der Waals surface area contributed by atoms with Crippen LogP contribution in [0, 0.1) is 5.41 Å². The quantitative estimate of drug-likeness (QED) is 0.254. The van der Waals surface area contributed by atoms with Gasteiger partial charge >= 0.3 is 0 Å². The first-order valence-electron chi connectivity index (χ1n) is 11.2. The number of carbonyl (C=O) groups is 2. The number of nitrogens with one attached hydrogen (secondary N) is 2. The molecule has 1 aliphatic carbocycles. The van der Waals surface area contributed by atoms with Crippen LogP contribution in [0.4, 0.5) is 0 Å². The van der Waals surface area contributed by atoms with E-state index in [0.29, 0.717) is 18.0 Å². The maximum absolute atomic E-state index is 13.0. The number of amides is 2. The summed E-state index contributed by atoms with van der Waals surface area (Å²) in [5, 5.41) is 6.30. The van der Waals surface area contributed by atoms with Crippen molar-refractivity contribution in [2.45, 2.75) is 50.4 Å². The van der Waals surface area contributed by atoms with Gasteiger partial charge in [-0.15, -0.1) is 17.3 Å². The van der Waals surface area contributed by atoms with Gasteiger partial charge in [-0.2, -0.15) is 0 Å². The number of halogens is 2. The number of hydrogen-bond acceptors (Lipinski definition) is 4. The average Bonchev–Trinajstić information content (AvgIpc) is 3.37. The Morgan fingerprint density at radius 3 is 2.56 bits per heavy atom. The van der Waals surface area contributed by atoms with Crippen molar-refractivity contribution in [3.63, 3.8) is 0 Å². The molecule has 1 unspecified atom stereocenters. The lowest BCUT2D eigenvalue weighted by Gasteiger charge is -2.28. The first-order valence-corrected chi connectivity index (χ1v) is 12.0. The van der Waals surface area contributed by atoms with Gasteiger partial charge < -0.3 is 20.4 Å². The van der Waals surface area contributed by atoms with Crippen molar-refractivity contribution in [2.24, 2.45) is 5.41 Å². The number of likely N-dealkylation sites (tertiary alicyclic amines) is 1. The molecular formula is C24H36Cl2N4O2. The largest absolute Gasteiger partial charge is 0.379 e. The summed E-state index contributed by atoms with van der Waals surface area (Å²) < 4.78 is 0. The summed E-state index contributed by atoms with van der Waals surface area (Å²) in [5.41, 5.74) is 4.02. The zero-order valence-electron chi connectivity index (χ0n) is 19.5. The van der Waals surface area contributed by atoms with E-state index < -0.39 is 5.41 Å². The molecule has 178 valence electrons. The standard InChI is InChI=1S/C24H36Cl2N4O2/c1-6-18(19(26)15-17(3)25)24(10-11-24)23(32)28-16-22(31)30-13-8-9-21(30)20(7-2)27-12-14-29(4)5/h6,19,21,27H,2-3,8-16H2,1,4-5H3,(H,28,32)/b18-6+/t19?,21-/m0/s1. The Morgan fingerprint density at radius 1 is 1.34 bits per heavy atom. The lowest BCUT2D eigenvalue weighted by molar-refractivity contribution is -0.134. The van der Waals surface area contributed by atoms with Gasteiger partial charge in [0.1, 0.15) is 0 Å². The van der Waals surface area contributed by atoms with Gasteiger partial charge in [0.2, 0.25) is 11.8 Å². The molecule has 1 heterocycles. The molecule has 0 aromatic heterocycles. The highest BCUT2D eigenvalue weighted by molar-refractivity contribution is 6.30. The summed E-state index contributed by atoms with van der Waals surface area (Å²) >= 11 is 12.4. The Balaban J connectivity index is 1.96. The molecule has 0 aromatic rings. The van der Waals surface area contributed by atoms with Crippen LogP contribution < -0.4 is 10.6 Å². The monoisotopic (exact) mass is 482 g/mol. The molecular weight excluding hydrogens is 447 g/mol. The van der Waals surface area contributed by atoms with Crippen LogP contribution in [0.15, 0.2) is 41.3 Å². The zero-order valence-corrected chi connectivity index (χ0v) is 21.0. The van der Waals surface area contributed by atoms with E-state index in [9.17, 15) is 9.59 Å². The van der Waals surface area contributed by atoms with E-state index in [1.165, 1.54) is 0 Å². The Morgan fingerprint density at radius 2 is 2.03 bits per heavy atom. The lowest BCUT2D eigenvalue weighted by Crippen LogP contribution is -2.47. The zero-order chi connectivity index (χ0) is 23.9. The molecule has 32 heavy (non-hydrogen) atoms. The van der Waals surface area contributed by atoms with E-state index in [4.69, 9.17) is 23.2 Å². The summed E-state index contributed by atoms with van der Waals surface area (Å²) in [5.74, 6) is -0.249. The van der Waals surface area contributed by atoms with E-state index in [1.54, 1.807) is 0 Å². The van der Waals surface area contributed by atoms with Crippen LogP contribution >= 0.6 is 23.2 Å². The molecule has 2 atom stereocenters. The average molecular weight is 483 g/mol. The van der Waals surface area contributed by atoms with E-state index in [0.717, 1.165) is 50.0 Å². The molecule has 2 amide bonds. The number of alkyl halides is 1.